The van der Waals surface area contributed by atoms with E-state index in [0.717, 1.165) is 11.3 Å². The van der Waals surface area contributed by atoms with Gasteiger partial charge in [-0.2, -0.15) is 5.26 Å². The van der Waals surface area contributed by atoms with Gasteiger partial charge in [0.15, 0.2) is 0 Å². The van der Waals surface area contributed by atoms with Crippen molar-refractivity contribution >= 4 is 50.7 Å². The number of hydrogen-bond acceptors (Lipinski definition) is 6. The van der Waals surface area contributed by atoms with Crippen molar-refractivity contribution < 1.29 is 9.59 Å². The second-order valence-corrected chi connectivity index (χ2v) is 7.08. The van der Waals surface area contributed by atoms with Crippen LogP contribution in [0, 0.1) is 11.3 Å². The Bertz CT molecular complexity index is 1160. The predicted molar refractivity (Wildman–Crippen MR) is 106 cm³/mol. The van der Waals surface area contributed by atoms with E-state index >= 15 is 0 Å². The van der Waals surface area contributed by atoms with Crippen molar-refractivity contribution in [3.05, 3.63) is 56.4 Å². The Morgan fingerprint density at radius 3 is 2.89 bits per heavy atom. The molecule has 2 N–H and O–H groups in total. The fourth-order valence-corrected chi connectivity index (χ4v) is 3.44. The smallest absolute Gasteiger partial charge is 0.314 e. The molecule has 2 aromatic heterocycles. The van der Waals surface area contributed by atoms with Crippen LogP contribution in [0.25, 0.3) is 10.9 Å². The van der Waals surface area contributed by atoms with Crippen molar-refractivity contribution in [2.45, 2.75) is 13.5 Å². The fraction of sp³-hybridized carbons (Fsp3) is 0.167. The van der Waals surface area contributed by atoms with Gasteiger partial charge in [0, 0.05) is 11.6 Å². The van der Waals surface area contributed by atoms with Crippen molar-refractivity contribution in [1.29, 1.82) is 5.26 Å². The summed E-state index contributed by atoms with van der Waals surface area (Å²) in [4.78, 5) is 45.2. The number of carbonyl (C=O) groups is 2. The summed E-state index contributed by atoms with van der Waals surface area (Å²) in [5, 5.41) is 14.2. The number of carbonyl (C=O) groups excluding carboxylic acids is 2. The van der Waals surface area contributed by atoms with E-state index in [1.165, 1.54) is 4.90 Å². The lowest BCUT2D eigenvalue weighted by Crippen LogP contribution is -2.39. The van der Waals surface area contributed by atoms with Gasteiger partial charge in [0.05, 0.1) is 23.0 Å². The van der Waals surface area contributed by atoms with Crippen LogP contribution in [-0.4, -0.2) is 33.2 Å². The summed E-state index contributed by atoms with van der Waals surface area (Å²) < 4.78 is 0. The Morgan fingerprint density at radius 2 is 2.18 bits per heavy atom. The fourth-order valence-electron chi connectivity index (χ4n) is 2.54. The van der Waals surface area contributed by atoms with Gasteiger partial charge in [-0.3, -0.25) is 14.4 Å². The summed E-state index contributed by atoms with van der Waals surface area (Å²) in [7, 11) is 0. The van der Waals surface area contributed by atoms with E-state index in [-0.39, 0.29) is 30.0 Å². The third-order valence-electron chi connectivity index (χ3n) is 3.93. The zero-order valence-electron chi connectivity index (χ0n) is 14.7. The highest BCUT2D eigenvalue weighted by Crippen LogP contribution is 2.22. The molecule has 3 rings (SSSR count). The van der Waals surface area contributed by atoms with Gasteiger partial charge in [-0.25, -0.2) is 4.98 Å². The number of aromatic amines is 1. The lowest BCUT2D eigenvalue weighted by Gasteiger charge is -2.19. The number of anilines is 1. The number of aromatic nitrogens is 2. The molecule has 0 unspecified atom stereocenters. The summed E-state index contributed by atoms with van der Waals surface area (Å²) in [6.45, 7) is 1.86. The molecule has 0 saturated carbocycles. The molecule has 10 heteroatoms. The summed E-state index contributed by atoms with van der Waals surface area (Å²) in [5.41, 5.74) is 0.324. The number of nitriles is 1. The van der Waals surface area contributed by atoms with E-state index in [1.807, 2.05) is 6.07 Å². The molecule has 0 radical (unpaired) electrons. The first-order valence-electron chi connectivity index (χ1n) is 8.19. The van der Waals surface area contributed by atoms with Gasteiger partial charge >= 0.3 is 11.8 Å². The Morgan fingerprint density at radius 1 is 1.39 bits per heavy atom. The third-order valence-corrected chi connectivity index (χ3v) is 5.00. The number of H-pyrrole nitrogens is 1. The molecule has 0 saturated heterocycles. The van der Waals surface area contributed by atoms with E-state index in [2.05, 4.69) is 15.3 Å². The Hall–Kier alpha value is -3.22. The van der Waals surface area contributed by atoms with Gasteiger partial charge in [-0.1, -0.05) is 11.6 Å². The monoisotopic (exact) mass is 415 g/mol. The van der Waals surface area contributed by atoms with E-state index < -0.39 is 11.8 Å². The van der Waals surface area contributed by atoms with E-state index in [1.54, 1.807) is 36.6 Å². The van der Waals surface area contributed by atoms with Crippen LogP contribution in [0.1, 0.15) is 18.3 Å². The number of fused-ring (bicyclic) bond motifs is 1. The van der Waals surface area contributed by atoms with Crippen LogP contribution < -0.4 is 10.9 Å². The number of hydrogen-bond donors (Lipinski definition) is 2. The van der Waals surface area contributed by atoms with Crippen LogP contribution in [0.5, 0.6) is 0 Å². The number of amides is 2. The summed E-state index contributed by atoms with van der Waals surface area (Å²) >= 11 is 7.10. The van der Waals surface area contributed by atoms with Crippen LogP contribution in [0.4, 0.5) is 5.00 Å². The molecular weight excluding hydrogens is 402 g/mol. The number of nitrogens with zero attached hydrogens (tertiary/aromatic N) is 3. The second kappa shape index (κ2) is 8.21. The molecule has 8 nitrogen and oxygen atoms in total. The van der Waals surface area contributed by atoms with Gasteiger partial charge in [0.1, 0.15) is 16.9 Å². The van der Waals surface area contributed by atoms with Crippen molar-refractivity contribution in [3.63, 3.8) is 0 Å². The maximum Gasteiger partial charge on any atom is 0.314 e. The van der Waals surface area contributed by atoms with Crippen LogP contribution in [0.2, 0.25) is 5.02 Å². The minimum atomic E-state index is -0.869. The molecule has 28 heavy (non-hydrogen) atoms. The molecular formula is C18H14ClN5O3S. The number of likely N-dealkylation sites (N-methyl/N-ethyl adjacent to an activating group) is 1. The van der Waals surface area contributed by atoms with Crippen LogP contribution >= 0.6 is 22.9 Å². The number of thiophene rings is 1. The van der Waals surface area contributed by atoms with Crippen molar-refractivity contribution in [2.24, 2.45) is 0 Å². The number of nitrogens with one attached hydrogen (secondary N) is 2. The minimum absolute atomic E-state index is 0.0595. The molecule has 2 heterocycles. The Balaban J connectivity index is 1.81. The first-order chi connectivity index (χ1) is 13.4. The molecule has 0 atom stereocenters. The van der Waals surface area contributed by atoms with E-state index in [4.69, 9.17) is 16.9 Å². The molecule has 0 spiro atoms. The van der Waals surface area contributed by atoms with E-state index in [9.17, 15) is 14.4 Å². The number of benzene rings is 1. The molecule has 3 aromatic rings. The lowest BCUT2D eigenvalue weighted by molar-refractivity contribution is -0.143. The van der Waals surface area contributed by atoms with Crippen molar-refractivity contribution in [3.8, 4) is 6.07 Å². The summed E-state index contributed by atoms with van der Waals surface area (Å²) in [6, 6.07) is 8.21. The topological polar surface area (TPSA) is 119 Å². The molecule has 0 fully saturated rings. The molecule has 2 amide bonds. The van der Waals surface area contributed by atoms with Crippen molar-refractivity contribution in [2.75, 3.05) is 11.9 Å². The van der Waals surface area contributed by atoms with Crippen molar-refractivity contribution in [1.82, 2.24) is 14.9 Å². The standard InChI is InChI=1S/C18H14ClN5O3S/c1-2-24(18(27)16(26)23-17-10(8-20)5-6-28-17)9-14-21-13-7-11(19)3-4-12(13)15(25)22-14/h3-7H,2,9H2,1H3,(H,23,26)(H,21,22,25). The first kappa shape index (κ1) is 19.5. The van der Waals surface area contributed by atoms with Gasteiger partial charge in [0.2, 0.25) is 0 Å². The number of halogens is 1. The van der Waals surface area contributed by atoms with Crippen LogP contribution in [0.15, 0.2) is 34.4 Å². The summed E-state index contributed by atoms with van der Waals surface area (Å²) in [6.07, 6.45) is 0. The molecule has 1 aromatic carbocycles. The Labute approximate surface area is 168 Å². The average molecular weight is 416 g/mol. The van der Waals surface area contributed by atoms with Gasteiger partial charge in [-0.05, 0) is 36.6 Å². The average Bonchev–Trinajstić information content (AvgIpc) is 3.12. The first-order valence-corrected chi connectivity index (χ1v) is 9.45. The highest BCUT2D eigenvalue weighted by atomic mass is 35.5. The maximum absolute atomic E-state index is 12.5. The maximum atomic E-state index is 12.5. The second-order valence-electron chi connectivity index (χ2n) is 5.72. The van der Waals surface area contributed by atoms with Gasteiger partial charge in [0.25, 0.3) is 5.56 Å². The highest BCUT2D eigenvalue weighted by Gasteiger charge is 2.23. The number of rotatable bonds is 4. The third kappa shape index (κ3) is 4.03. The van der Waals surface area contributed by atoms with Gasteiger partial charge in [-0.15, -0.1) is 11.3 Å². The van der Waals surface area contributed by atoms with E-state index in [0.29, 0.717) is 20.9 Å². The molecule has 0 bridgehead atoms. The highest BCUT2D eigenvalue weighted by molar-refractivity contribution is 7.14. The SMILES string of the molecule is CCN(Cc1nc2cc(Cl)ccc2c(=O)[nH]1)C(=O)C(=O)Nc1sccc1C#N. The molecule has 0 aliphatic rings. The lowest BCUT2D eigenvalue weighted by atomic mass is 10.2. The van der Waals surface area contributed by atoms with Gasteiger partial charge < -0.3 is 15.2 Å². The zero-order valence-corrected chi connectivity index (χ0v) is 16.2. The molecule has 142 valence electrons. The minimum Gasteiger partial charge on any atom is -0.327 e. The quantitative estimate of drug-likeness (QED) is 0.634. The normalized spacial score (nSPS) is 10.5. The molecule has 0 aliphatic carbocycles. The summed E-state index contributed by atoms with van der Waals surface area (Å²) in [5.74, 6) is -1.43. The largest absolute Gasteiger partial charge is 0.327 e. The zero-order chi connectivity index (χ0) is 20.3. The predicted octanol–water partition coefficient (Wildman–Crippen LogP) is 2.50. The van der Waals surface area contributed by atoms with Crippen LogP contribution in [0.3, 0.4) is 0 Å². The Kier molecular flexibility index (Phi) is 5.73. The van der Waals surface area contributed by atoms with Crippen LogP contribution in [-0.2, 0) is 16.1 Å². The molecule has 0 aliphatic heterocycles.